The highest BCUT2D eigenvalue weighted by Crippen LogP contribution is 2.25. The lowest BCUT2D eigenvalue weighted by Crippen LogP contribution is -2.13. The van der Waals surface area contributed by atoms with E-state index in [1.165, 1.54) is 18.2 Å². The molecule has 0 aliphatic rings. The predicted molar refractivity (Wildman–Crippen MR) is 57.6 cm³/mol. The van der Waals surface area contributed by atoms with Crippen LogP contribution in [0.3, 0.4) is 0 Å². The molecule has 7 heteroatoms. The number of rotatable bonds is 2. The smallest absolute Gasteiger partial charge is 0.448 e. The first-order chi connectivity index (χ1) is 7.71. The summed E-state index contributed by atoms with van der Waals surface area (Å²) in [6, 6.07) is 3.70. The summed E-state index contributed by atoms with van der Waals surface area (Å²) in [6.07, 6.45) is -4.90. The van der Waals surface area contributed by atoms with Crippen molar-refractivity contribution in [2.45, 2.75) is 6.18 Å². The van der Waals surface area contributed by atoms with E-state index in [4.69, 9.17) is 28.3 Å². The quantitative estimate of drug-likeness (QED) is 0.503. The third kappa shape index (κ3) is 3.64. The van der Waals surface area contributed by atoms with Gasteiger partial charge in [-0.05, 0) is 18.2 Å². The van der Waals surface area contributed by atoms with Gasteiger partial charge in [-0.15, -0.1) is 0 Å². The number of benzene rings is 1. The molecule has 0 aromatic heterocycles. The van der Waals surface area contributed by atoms with Crippen molar-refractivity contribution in [3.8, 4) is 0 Å². The van der Waals surface area contributed by atoms with Crippen LogP contribution in [0.15, 0.2) is 30.0 Å². The van der Waals surface area contributed by atoms with Gasteiger partial charge in [0.05, 0.1) is 5.02 Å². The molecule has 0 radical (unpaired) electrons. The van der Waals surface area contributed by atoms with Crippen molar-refractivity contribution < 1.29 is 23.1 Å². The van der Waals surface area contributed by atoms with Crippen molar-refractivity contribution in [3.05, 3.63) is 45.6 Å². The number of ketones is 1. The summed E-state index contributed by atoms with van der Waals surface area (Å²) in [5, 5.41) is 8.77. The van der Waals surface area contributed by atoms with E-state index in [1.807, 2.05) is 0 Å². The number of alkyl halides is 3. The standard InChI is InChI=1S/C10H5Cl2F3O2/c11-5-1-2-6(7(12)3-5)8(16)4-9(17)10(13,14)15/h1-4,17H/b9-4-. The van der Waals surface area contributed by atoms with Crippen LogP contribution in [0.1, 0.15) is 10.4 Å². The maximum absolute atomic E-state index is 12.0. The van der Waals surface area contributed by atoms with Gasteiger partial charge < -0.3 is 5.11 Å². The van der Waals surface area contributed by atoms with E-state index in [0.717, 1.165) is 0 Å². The summed E-state index contributed by atoms with van der Waals surface area (Å²) in [5.41, 5.74) is -0.174. The Morgan fingerprint density at radius 3 is 2.35 bits per heavy atom. The summed E-state index contributed by atoms with van der Waals surface area (Å²) in [4.78, 5) is 11.4. The van der Waals surface area contributed by atoms with Gasteiger partial charge in [-0.1, -0.05) is 23.2 Å². The maximum atomic E-state index is 12.0. The van der Waals surface area contributed by atoms with Gasteiger partial charge in [0.1, 0.15) is 0 Å². The molecule has 0 heterocycles. The Bertz CT molecular complexity index is 481. The molecular formula is C10H5Cl2F3O2. The zero-order valence-electron chi connectivity index (χ0n) is 8.05. The summed E-state index contributed by atoms with van der Waals surface area (Å²) >= 11 is 11.2. The second-order valence-corrected chi connectivity index (χ2v) is 3.86. The minimum atomic E-state index is -4.96. The van der Waals surface area contributed by atoms with E-state index in [1.54, 1.807) is 0 Å². The number of hydrogen-bond acceptors (Lipinski definition) is 2. The molecule has 0 spiro atoms. The topological polar surface area (TPSA) is 37.3 Å². The number of aliphatic hydroxyl groups excluding tert-OH is 1. The predicted octanol–water partition coefficient (Wildman–Crippen LogP) is 4.18. The Morgan fingerprint density at radius 1 is 1.29 bits per heavy atom. The summed E-state index contributed by atoms with van der Waals surface area (Å²) in [6.45, 7) is 0. The van der Waals surface area contributed by atoms with Crippen LogP contribution in [0.25, 0.3) is 0 Å². The molecule has 17 heavy (non-hydrogen) atoms. The fourth-order valence-corrected chi connectivity index (χ4v) is 1.47. The zero-order chi connectivity index (χ0) is 13.2. The second-order valence-electron chi connectivity index (χ2n) is 3.02. The molecule has 0 unspecified atom stereocenters. The van der Waals surface area contributed by atoms with Crippen LogP contribution >= 0.6 is 23.2 Å². The molecule has 0 amide bonds. The molecule has 0 aliphatic carbocycles. The first-order valence-corrected chi connectivity index (χ1v) is 4.94. The fraction of sp³-hybridized carbons (Fsp3) is 0.100. The number of halogens is 5. The van der Waals surface area contributed by atoms with Crippen LogP contribution in [-0.2, 0) is 0 Å². The molecular weight excluding hydrogens is 280 g/mol. The van der Waals surface area contributed by atoms with E-state index in [0.29, 0.717) is 0 Å². The molecule has 1 aromatic carbocycles. The number of allylic oxidation sites excluding steroid dienone is 2. The van der Waals surface area contributed by atoms with Gasteiger partial charge in [-0.3, -0.25) is 4.79 Å². The molecule has 0 atom stereocenters. The van der Waals surface area contributed by atoms with Gasteiger partial charge in [-0.25, -0.2) is 0 Å². The lowest BCUT2D eigenvalue weighted by Gasteiger charge is -2.05. The first-order valence-electron chi connectivity index (χ1n) is 4.19. The minimum Gasteiger partial charge on any atom is -0.504 e. The molecule has 0 saturated heterocycles. The Morgan fingerprint density at radius 2 is 1.88 bits per heavy atom. The zero-order valence-corrected chi connectivity index (χ0v) is 9.57. The van der Waals surface area contributed by atoms with Crippen LogP contribution in [0.5, 0.6) is 0 Å². The molecule has 0 fully saturated rings. The fourth-order valence-electron chi connectivity index (χ4n) is 0.973. The average Bonchev–Trinajstić information content (AvgIpc) is 2.15. The van der Waals surface area contributed by atoms with Crippen LogP contribution in [-0.4, -0.2) is 17.1 Å². The van der Waals surface area contributed by atoms with Crippen LogP contribution in [0.2, 0.25) is 10.0 Å². The molecule has 1 aromatic rings. The molecule has 92 valence electrons. The monoisotopic (exact) mass is 284 g/mol. The summed E-state index contributed by atoms with van der Waals surface area (Å²) < 4.78 is 35.9. The van der Waals surface area contributed by atoms with Crippen molar-refractivity contribution in [3.63, 3.8) is 0 Å². The highest BCUT2D eigenvalue weighted by Gasteiger charge is 2.34. The van der Waals surface area contributed by atoms with E-state index in [-0.39, 0.29) is 21.7 Å². The van der Waals surface area contributed by atoms with E-state index < -0.39 is 17.7 Å². The number of carbonyl (C=O) groups is 1. The third-order valence-corrected chi connectivity index (χ3v) is 2.30. The van der Waals surface area contributed by atoms with Crippen LogP contribution < -0.4 is 0 Å². The Labute approximate surface area is 104 Å². The van der Waals surface area contributed by atoms with Crippen LogP contribution in [0.4, 0.5) is 13.2 Å². The van der Waals surface area contributed by atoms with Crippen molar-refractivity contribution in [2.75, 3.05) is 0 Å². The highest BCUT2D eigenvalue weighted by atomic mass is 35.5. The highest BCUT2D eigenvalue weighted by molar-refractivity contribution is 6.37. The van der Waals surface area contributed by atoms with Crippen molar-refractivity contribution in [1.29, 1.82) is 0 Å². The summed E-state index contributed by atoms with van der Waals surface area (Å²) in [7, 11) is 0. The largest absolute Gasteiger partial charge is 0.504 e. The lowest BCUT2D eigenvalue weighted by atomic mass is 10.1. The van der Waals surface area contributed by atoms with Crippen LogP contribution in [0, 0.1) is 0 Å². The minimum absolute atomic E-state index is 0.0646. The molecule has 0 aliphatic heterocycles. The first kappa shape index (κ1) is 13.9. The van der Waals surface area contributed by atoms with Gasteiger partial charge in [0, 0.05) is 16.7 Å². The van der Waals surface area contributed by atoms with Crippen molar-refractivity contribution in [1.82, 2.24) is 0 Å². The van der Waals surface area contributed by atoms with Gasteiger partial charge in [0.25, 0.3) is 0 Å². The lowest BCUT2D eigenvalue weighted by molar-refractivity contribution is -0.120. The van der Waals surface area contributed by atoms with Gasteiger partial charge in [-0.2, -0.15) is 13.2 Å². The second kappa shape index (κ2) is 4.98. The normalized spacial score (nSPS) is 12.6. The maximum Gasteiger partial charge on any atom is 0.448 e. The van der Waals surface area contributed by atoms with E-state index in [9.17, 15) is 18.0 Å². The number of aliphatic hydroxyl groups is 1. The number of carbonyl (C=O) groups excluding carboxylic acids is 1. The van der Waals surface area contributed by atoms with Crippen molar-refractivity contribution in [2.24, 2.45) is 0 Å². The SMILES string of the molecule is O=C(/C=C(\O)C(F)(F)F)c1ccc(Cl)cc1Cl. The Hall–Kier alpha value is -1.20. The number of hydrogen-bond donors (Lipinski definition) is 1. The van der Waals surface area contributed by atoms with Crippen molar-refractivity contribution >= 4 is 29.0 Å². The average molecular weight is 285 g/mol. The Balaban J connectivity index is 3.06. The van der Waals surface area contributed by atoms with E-state index >= 15 is 0 Å². The van der Waals surface area contributed by atoms with Gasteiger partial charge >= 0.3 is 6.18 Å². The molecule has 0 bridgehead atoms. The van der Waals surface area contributed by atoms with E-state index in [2.05, 4.69) is 0 Å². The third-order valence-electron chi connectivity index (χ3n) is 1.75. The molecule has 1 N–H and O–H groups in total. The molecule has 2 nitrogen and oxygen atoms in total. The van der Waals surface area contributed by atoms with Gasteiger partial charge in [0.2, 0.25) is 5.76 Å². The Kier molecular flexibility index (Phi) is 4.06. The molecule has 0 saturated carbocycles. The van der Waals surface area contributed by atoms with Gasteiger partial charge in [0.15, 0.2) is 5.78 Å². The summed E-state index contributed by atoms with van der Waals surface area (Å²) in [5.74, 6) is -3.03. The molecule has 1 rings (SSSR count).